The minimum atomic E-state index is -1.96. The van der Waals surface area contributed by atoms with Crippen LogP contribution in [0.4, 0.5) is 15.3 Å². The van der Waals surface area contributed by atoms with Gasteiger partial charge in [0.2, 0.25) is 0 Å². The van der Waals surface area contributed by atoms with Gasteiger partial charge in [0.15, 0.2) is 8.32 Å². The number of rotatable bonds is 8. The number of hydrogen-bond donors (Lipinski definition) is 2. The summed E-state index contributed by atoms with van der Waals surface area (Å²) in [5.74, 6) is -0.0746. The van der Waals surface area contributed by atoms with Crippen LogP contribution in [0.2, 0.25) is 18.1 Å². The summed E-state index contributed by atoms with van der Waals surface area (Å²) >= 11 is 0. The van der Waals surface area contributed by atoms with Crippen molar-refractivity contribution in [3.05, 3.63) is 47.8 Å². The summed E-state index contributed by atoms with van der Waals surface area (Å²) < 4.78 is 19.0. The maximum atomic E-state index is 13.1. The molecule has 0 radical (unpaired) electrons. The van der Waals surface area contributed by atoms with Crippen molar-refractivity contribution in [3.8, 4) is 0 Å². The normalized spacial score (nSPS) is 19.6. The Hall–Kier alpha value is -2.85. The Kier molecular flexibility index (Phi) is 9.54. The molecule has 2 aromatic rings. The predicted molar refractivity (Wildman–Crippen MR) is 155 cm³/mol. The van der Waals surface area contributed by atoms with Crippen molar-refractivity contribution in [2.75, 3.05) is 11.9 Å². The zero-order valence-corrected chi connectivity index (χ0v) is 26.0. The number of hydrogen-bond acceptors (Lipinski definition) is 7. The number of ether oxygens (including phenoxy) is 2. The summed E-state index contributed by atoms with van der Waals surface area (Å²) in [5, 5.41) is 11.1. The number of nitrogens with one attached hydrogen (secondary N) is 2. The molecule has 216 valence electrons. The summed E-state index contributed by atoms with van der Waals surface area (Å²) in [5.41, 5.74) is 1.45. The SMILES string of the molecule is CC[C@H]1Nc2cnn(C(=O)OC(C)(C)C)c2[C@@H](NC(=O)OCc2ccccc2)[C@@H]1CCO[Si](C)(C)C(C)(C)C. The molecule has 1 aromatic heterocycles. The van der Waals surface area contributed by atoms with Crippen LogP contribution >= 0.6 is 0 Å². The second-order valence-electron chi connectivity index (χ2n) is 12.7. The molecule has 1 aliphatic heterocycles. The fourth-order valence-corrected chi connectivity index (χ4v) is 5.53. The predicted octanol–water partition coefficient (Wildman–Crippen LogP) is 6.87. The Morgan fingerprint density at radius 2 is 1.77 bits per heavy atom. The molecule has 1 aromatic carbocycles. The molecule has 39 heavy (non-hydrogen) atoms. The van der Waals surface area contributed by atoms with E-state index < -0.39 is 32.1 Å². The van der Waals surface area contributed by atoms with E-state index in [4.69, 9.17) is 13.9 Å². The van der Waals surface area contributed by atoms with Crippen LogP contribution in [0.15, 0.2) is 36.5 Å². The molecule has 0 aliphatic carbocycles. The minimum absolute atomic E-state index is 0.0382. The fraction of sp³-hybridized carbons (Fsp3) is 0.621. The van der Waals surface area contributed by atoms with E-state index in [2.05, 4.69) is 56.5 Å². The van der Waals surface area contributed by atoms with Gasteiger partial charge in [-0.3, -0.25) is 0 Å². The Labute approximate surface area is 234 Å². The molecule has 1 aliphatic rings. The average molecular weight is 559 g/mol. The molecule has 2 N–H and O–H groups in total. The first-order chi connectivity index (χ1) is 18.1. The molecule has 0 fully saturated rings. The molecule has 0 bridgehead atoms. The van der Waals surface area contributed by atoms with Crippen LogP contribution < -0.4 is 10.6 Å². The Morgan fingerprint density at radius 3 is 2.36 bits per heavy atom. The highest BCUT2D eigenvalue weighted by Crippen LogP contribution is 2.41. The van der Waals surface area contributed by atoms with Gasteiger partial charge in [-0.05, 0) is 57.3 Å². The summed E-state index contributed by atoms with van der Waals surface area (Å²) in [4.78, 5) is 26.2. The number of carbonyl (C=O) groups excluding carboxylic acids is 2. The van der Waals surface area contributed by atoms with Crippen LogP contribution in [0.1, 0.15) is 78.6 Å². The highest BCUT2D eigenvalue weighted by atomic mass is 28.4. The van der Waals surface area contributed by atoms with Gasteiger partial charge in [-0.2, -0.15) is 9.78 Å². The molecule has 2 heterocycles. The van der Waals surface area contributed by atoms with Crippen LogP contribution in [0.3, 0.4) is 0 Å². The number of carbonyl (C=O) groups is 2. The molecule has 0 saturated heterocycles. The number of anilines is 1. The topological polar surface area (TPSA) is 104 Å². The maximum absolute atomic E-state index is 13.1. The van der Waals surface area contributed by atoms with Crippen molar-refractivity contribution < 1.29 is 23.5 Å². The first-order valence-corrected chi connectivity index (χ1v) is 16.7. The van der Waals surface area contributed by atoms with Crippen molar-refractivity contribution in [2.45, 2.75) is 104 Å². The molecule has 3 atom stereocenters. The van der Waals surface area contributed by atoms with Crippen LogP contribution in [0, 0.1) is 5.92 Å². The maximum Gasteiger partial charge on any atom is 0.435 e. The van der Waals surface area contributed by atoms with Gasteiger partial charge in [-0.15, -0.1) is 0 Å². The molecule has 1 amide bonds. The lowest BCUT2D eigenvalue weighted by Crippen LogP contribution is -2.47. The Bertz CT molecular complexity index is 1120. The van der Waals surface area contributed by atoms with Gasteiger partial charge in [0.05, 0.1) is 23.6 Å². The highest BCUT2D eigenvalue weighted by Gasteiger charge is 2.42. The van der Waals surface area contributed by atoms with Crippen LogP contribution in [-0.4, -0.2) is 48.5 Å². The monoisotopic (exact) mass is 558 g/mol. The summed E-state index contributed by atoms with van der Waals surface area (Å²) in [6.07, 6.45) is 1.97. The fourth-order valence-electron chi connectivity index (χ4n) is 4.47. The highest BCUT2D eigenvalue weighted by molar-refractivity contribution is 6.74. The second kappa shape index (κ2) is 12.1. The Morgan fingerprint density at radius 1 is 1.10 bits per heavy atom. The molecule has 0 saturated carbocycles. The molecular weight excluding hydrogens is 512 g/mol. The van der Waals surface area contributed by atoms with Gasteiger partial charge >= 0.3 is 12.2 Å². The molecule has 3 rings (SSSR count). The van der Waals surface area contributed by atoms with E-state index in [0.29, 0.717) is 24.4 Å². The quantitative estimate of drug-likeness (QED) is 0.341. The molecule has 0 spiro atoms. The van der Waals surface area contributed by atoms with Crippen molar-refractivity contribution in [2.24, 2.45) is 5.92 Å². The first-order valence-electron chi connectivity index (χ1n) is 13.8. The Balaban J connectivity index is 1.90. The van der Waals surface area contributed by atoms with E-state index >= 15 is 0 Å². The van der Waals surface area contributed by atoms with Gasteiger partial charge in [-0.1, -0.05) is 58.0 Å². The van der Waals surface area contributed by atoms with E-state index in [9.17, 15) is 9.59 Å². The van der Waals surface area contributed by atoms with Crippen molar-refractivity contribution in [1.29, 1.82) is 0 Å². The summed E-state index contributed by atoms with van der Waals surface area (Å²) in [6, 6.07) is 9.03. The van der Waals surface area contributed by atoms with E-state index in [1.807, 2.05) is 51.1 Å². The lowest BCUT2D eigenvalue weighted by molar-refractivity contribution is 0.0499. The molecular formula is C29H46N4O5Si. The standard InChI is InChI=1S/C29H46N4O5Si/c1-10-22-21(16-17-37-39(8,9)29(5,6)7)24(32-26(34)36-19-20-14-12-11-13-15-20)25-23(31-22)18-30-33(25)27(35)38-28(2,3)4/h11-15,18,21-22,24,31H,10,16-17,19H2,1-9H3,(H,32,34)/t21-,22-,24+/m1/s1. The zero-order chi connectivity index (χ0) is 29.0. The number of fused-ring (bicyclic) bond motifs is 1. The third kappa shape index (κ3) is 7.85. The third-order valence-electron chi connectivity index (χ3n) is 7.60. The van der Waals surface area contributed by atoms with Gasteiger partial charge in [0.25, 0.3) is 0 Å². The van der Waals surface area contributed by atoms with Crippen molar-refractivity contribution in [3.63, 3.8) is 0 Å². The average Bonchev–Trinajstić information content (AvgIpc) is 3.26. The smallest absolute Gasteiger partial charge is 0.435 e. The number of benzene rings is 1. The number of nitrogens with zero attached hydrogens (tertiary/aromatic N) is 2. The zero-order valence-electron chi connectivity index (χ0n) is 25.0. The van der Waals surface area contributed by atoms with Gasteiger partial charge in [-0.25, -0.2) is 9.59 Å². The molecule has 9 nitrogen and oxygen atoms in total. The third-order valence-corrected chi connectivity index (χ3v) is 12.1. The largest absolute Gasteiger partial charge is 0.445 e. The van der Waals surface area contributed by atoms with Crippen molar-refractivity contribution >= 4 is 26.2 Å². The lowest BCUT2D eigenvalue weighted by Gasteiger charge is -2.41. The summed E-state index contributed by atoms with van der Waals surface area (Å²) in [7, 11) is -1.96. The second-order valence-corrected chi connectivity index (χ2v) is 17.5. The van der Waals surface area contributed by atoms with Crippen LogP contribution in [-0.2, 0) is 20.5 Å². The summed E-state index contributed by atoms with van der Waals surface area (Å²) in [6.45, 7) is 19.3. The minimum Gasteiger partial charge on any atom is -0.445 e. The van der Waals surface area contributed by atoms with Crippen LogP contribution in [0.25, 0.3) is 0 Å². The van der Waals surface area contributed by atoms with E-state index in [0.717, 1.165) is 12.0 Å². The van der Waals surface area contributed by atoms with E-state index in [1.54, 1.807) is 6.20 Å². The van der Waals surface area contributed by atoms with E-state index in [-0.39, 0.29) is 23.6 Å². The first kappa shape index (κ1) is 30.7. The number of aromatic nitrogens is 2. The molecule has 10 heteroatoms. The van der Waals surface area contributed by atoms with Crippen LogP contribution in [0.5, 0.6) is 0 Å². The lowest BCUT2D eigenvalue weighted by atomic mass is 9.82. The van der Waals surface area contributed by atoms with Gasteiger partial charge in [0, 0.05) is 18.6 Å². The van der Waals surface area contributed by atoms with Gasteiger partial charge in [0.1, 0.15) is 12.2 Å². The van der Waals surface area contributed by atoms with Gasteiger partial charge < -0.3 is 24.5 Å². The van der Waals surface area contributed by atoms with Crippen molar-refractivity contribution in [1.82, 2.24) is 15.1 Å². The number of amides is 1. The number of alkyl carbamates (subject to hydrolysis) is 1. The molecule has 0 unspecified atom stereocenters. The van der Waals surface area contributed by atoms with E-state index in [1.165, 1.54) is 4.68 Å².